The lowest BCUT2D eigenvalue weighted by atomic mass is 10.3. The fraction of sp³-hybridized carbons (Fsp3) is 0.583. The van der Waals surface area contributed by atoms with E-state index in [-0.39, 0.29) is 43.5 Å². The van der Waals surface area contributed by atoms with Gasteiger partial charge in [-0.25, -0.2) is 4.98 Å². The van der Waals surface area contributed by atoms with Crippen LogP contribution < -0.4 is 11.3 Å². The first-order valence-corrected chi connectivity index (χ1v) is 11.5. The molecular weight excluding hydrogens is 420 g/mol. The molecule has 0 saturated heterocycles. The van der Waals surface area contributed by atoms with Gasteiger partial charge in [0.15, 0.2) is 11.2 Å². The van der Waals surface area contributed by atoms with Crippen LogP contribution in [0.3, 0.4) is 0 Å². The van der Waals surface area contributed by atoms with Crippen LogP contribution in [0.25, 0.3) is 11.2 Å². The van der Waals surface area contributed by atoms with Crippen molar-refractivity contribution in [2.45, 2.75) is 6.04 Å². The molecule has 2 heterocycles. The van der Waals surface area contributed by atoms with Gasteiger partial charge in [0.2, 0.25) is 5.95 Å². The Balaban J connectivity index is 2.14. The molecule has 0 amide bonds. The Labute approximate surface area is 158 Å². The predicted molar refractivity (Wildman–Crippen MR) is 97.1 cm³/mol. The van der Waals surface area contributed by atoms with E-state index in [0.29, 0.717) is 0 Å². The van der Waals surface area contributed by atoms with Crippen LogP contribution in [0.15, 0.2) is 11.1 Å². The third-order valence-electron chi connectivity index (χ3n) is 3.52. The van der Waals surface area contributed by atoms with Crippen LogP contribution in [0, 0.1) is 0 Å². The summed E-state index contributed by atoms with van der Waals surface area (Å²) in [5, 5.41) is 0. The number of aromatic nitrogens is 4. The van der Waals surface area contributed by atoms with E-state index < -0.39 is 39.1 Å². The highest BCUT2D eigenvalue weighted by atomic mass is 31.2. The number of nitrogens with zero attached hydrogens (tertiary/aromatic N) is 3. The quantitative estimate of drug-likeness (QED) is 0.175. The first-order chi connectivity index (χ1) is 13.0. The summed E-state index contributed by atoms with van der Waals surface area (Å²) >= 11 is 0. The number of hydrogen-bond acceptors (Lipinski definition) is 8. The highest BCUT2D eigenvalue weighted by molar-refractivity contribution is 7.52. The molecule has 2 aromatic rings. The van der Waals surface area contributed by atoms with Gasteiger partial charge in [-0.3, -0.25) is 18.9 Å². The lowest BCUT2D eigenvalue weighted by molar-refractivity contribution is 0.0534. The molecule has 0 aliphatic rings. The fourth-order valence-electron chi connectivity index (χ4n) is 2.22. The van der Waals surface area contributed by atoms with Crippen molar-refractivity contribution >= 4 is 32.3 Å². The molecule has 7 N–H and O–H groups in total. The van der Waals surface area contributed by atoms with Gasteiger partial charge in [-0.1, -0.05) is 0 Å². The second-order valence-electron chi connectivity index (χ2n) is 5.86. The number of hydrogen-bond donors (Lipinski definition) is 6. The van der Waals surface area contributed by atoms with Crippen molar-refractivity contribution in [3.63, 3.8) is 0 Å². The number of fused-ring (bicyclic) bond motifs is 1. The van der Waals surface area contributed by atoms with Crippen molar-refractivity contribution in [1.29, 1.82) is 0 Å². The molecule has 0 atom stereocenters. The van der Waals surface area contributed by atoms with Gasteiger partial charge in [-0.05, 0) is 0 Å². The molecule has 0 aliphatic heterocycles. The first kappa shape index (κ1) is 22.7. The molecule has 0 radical (unpaired) electrons. The summed E-state index contributed by atoms with van der Waals surface area (Å²) in [5.74, 6) is -0.136. The number of rotatable bonds is 11. The van der Waals surface area contributed by atoms with E-state index in [9.17, 15) is 13.9 Å². The average Bonchev–Trinajstić information content (AvgIpc) is 2.95. The number of ether oxygens (including phenoxy) is 2. The topological polar surface area (TPSA) is 223 Å². The molecule has 0 fully saturated rings. The molecule has 28 heavy (non-hydrogen) atoms. The van der Waals surface area contributed by atoms with Gasteiger partial charge in [-0.15, -0.1) is 0 Å². The molecule has 2 aromatic heterocycles. The maximum atomic E-state index is 11.9. The van der Waals surface area contributed by atoms with Crippen molar-refractivity contribution in [2.24, 2.45) is 0 Å². The summed E-state index contributed by atoms with van der Waals surface area (Å²) in [6.07, 6.45) is 0.346. The molecular formula is C12H21N5O9P2. The molecule has 0 bridgehead atoms. The monoisotopic (exact) mass is 441 g/mol. The maximum absolute atomic E-state index is 11.9. The van der Waals surface area contributed by atoms with Crippen LogP contribution in [-0.2, 0) is 18.6 Å². The second kappa shape index (κ2) is 9.25. The lowest BCUT2D eigenvalue weighted by Gasteiger charge is -2.19. The van der Waals surface area contributed by atoms with Gasteiger partial charge in [-0.2, -0.15) is 4.98 Å². The number of imidazole rings is 1. The van der Waals surface area contributed by atoms with Crippen molar-refractivity contribution in [2.75, 3.05) is 44.5 Å². The second-order valence-corrected chi connectivity index (χ2v) is 9.41. The van der Waals surface area contributed by atoms with Crippen molar-refractivity contribution in [1.82, 2.24) is 19.5 Å². The Morgan fingerprint density at radius 2 is 1.64 bits per heavy atom. The zero-order valence-electron chi connectivity index (χ0n) is 14.5. The van der Waals surface area contributed by atoms with Crippen LogP contribution in [0.4, 0.5) is 5.95 Å². The number of nitrogens with one attached hydrogen (secondary N) is 1. The summed E-state index contributed by atoms with van der Waals surface area (Å²) in [6, 6.07) is -0.646. The zero-order chi connectivity index (χ0) is 20.9. The first-order valence-electron chi connectivity index (χ1n) is 7.93. The summed E-state index contributed by atoms with van der Waals surface area (Å²) < 4.78 is 33.8. The molecule has 158 valence electrons. The van der Waals surface area contributed by atoms with Gasteiger partial charge in [0.25, 0.3) is 5.56 Å². The van der Waals surface area contributed by atoms with Gasteiger partial charge >= 0.3 is 15.2 Å². The summed E-state index contributed by atoms with van der Waals surface area (Å²) in [5.41, 5.74) is 5.16. The van der Waals surface area contributed by atoms with Crippen molar-refractivity contribution in [3.05, 3.63) is 16.7 Å². The highest BCUT2D eigenvalue weighted by Gasteiger charge is 2.20. The molecule has 0 aromatic carbocycles. The molecule has 2 rings (SSSR count). The number of aromatic amines is 1. The average molecular weight is 441 g/mol. The molecule has 0 spiro atoms. The van der Waals surface area contributed by atoms with E-state index in [2.05, 4.69) is 15.0 Å². The predicted octanol–water partition coefficient (Wildman–Crippen LogP) is -1.37. The van der Waals surface area contributed by atoms with Crippen LogP contribution >= 0.6 is 15.2 Å². The van der Waals surface area contributed by atoms with Crippen LogP contribution in [0.2, 0.25) is 0 Å². The van der Waals surface area contributed by atoms with Gasteiger partial charge < -0.3 is 39.3 Å². The lowest BCUT2D eigenvalue weighted by Crippen LogP contribution is -2.23. The molecule has 0 saturated carbocycles. The van der Waals surface area contributed by atoms with E-state index in [4.69, 9.17) is 34.8 Å². The van der Waals surface area contributed by atoms with Crippen LogP contribution in [-0.4, -0.2) is 77.8 Å². The molecule has 0 unspecified atom stereocenters. The van der Waals surface area contributed by atoms with E-state index in [1.54, 1.807) is 0 Å². The van der Waals surface area contributed by atoms with Crippen LogP contribution in [0.1, 0.15) is 6.04 Å². The summed E-state index contributed by atoms with van der Waals surface area (Å²) in [6.45, 7) is -0.635. The number of nitrogens with two attached hydrogens (primary N) is 1. The smallest absolute Gasteiger partial charge is 0.327 e. The normalized spacial score (nSPS) is 12.9. The summed E-state index contributed by atoms with van der Waals surface area (Å²) in [4.78, 5) is 57.7. The van der Waals surface area contributed by atoms with E-state index in [1.165, 1.54) is 10.9 Å². The molecule has 14 nitrogen and oxygen atoms in total. The minimum Gasteiger partial charge on any atom is -0.379 e. The van der Waals surface area contributed by atoms with Crippen molar-refractivity contribution < 1.29 is 38.2 Å². The SMILES string of the molecule is Nc1nc2c(ncn2C(COCCP(=O)(O)O)COCCP(=O)(O)O)c(=O)[nH]1. The Morgan fingerprint density at radius 1 is 1.11 bits per heavy atom. The zero-order valence-corrected chi connectivity index (χ0v) is 16.3. The third kappa shape index (κ3) is 7.08. The standard InChI is InChI=1S/C12H21N5O9P2/c13-12-15-10-9(11(18)16-12)14-7-17(10)8(5-25-1-3-27(19,20)21)6-26-2-4-28(22,23)24/h7-8H,1-6H2,(H2,19,20,21)(H2,22,23,24)(H3,13,15,16,18). The van der Waals surface area contributed by atoms with E-state index in [1.807, 2.05) is 0 Å². The Morgan fingerprint density at radius 3 is 2.14 bits per heavy atom. The Kier molecular flexibility index (Phi) is 7.48. The van der Waals surface area contributed by atoms with Crippen LogP contribution in [0.5, 0.6) is 0 Å². The van der Waals surface area contributed by atoms with Gasteiger partial charge in [0, 0.05) is 0 Å². The van der Waals surface area contributed by atoms with Gasteiger partial charge in [0.1, 0.15) is 0 Å². The highest BCUT2D eigenvalue weighted by Crippen LogP contribution is 2.34. The third-order valence-corrected chi connectivity index (χ3v) is 5.05. The minimum absolute atomic E-state index is 0.0182. The number of anilines is 1. The maximum Gasteiger partial charge on any atom is 0.327 e. The summed E-state index contributed by atoms with van der Waals surface area (Å²) in [7, 11) is -8.44. The van der Waals surface area contributed by atoms with E-state index in [0.717, 1.165) is 0 Å². The van der Waals surface area contributed by atoms with E-state index >= 15 is 0 Å². The van der Waals surface area contributed by atoms with Crippen molar-refractivity contribution in [3.8, 4) is 0 Å². The molecule has 0 aliphatic carbocycles. The molecule has 16 heteroatoms. The Bertz CT molecular complexity index is 919. The largest absolute Gasteiger partial charge is 0.379 e. The fourth-order valence-corrected chi connectivity index (χ4v) is 2.96. The number of H-pyrrole nitrogens is 1. The Hall–Kier alpha value is -1.63. The minimum atomic E-state index is -4.22. The van der Waals surface area contributed by atoms with Gasteiger partial charge in [0.05, 0.1) is 51.1 Å². The number of nitrogen functional groups attached to an aromatic ring is 1.